The van der Waals surface area contributed by atoms with Crippen molar-refractivity contribution in [3.05, 3.63) is 35.4 Å². The van der Waals surface area contributed by atoms with E-state index in [2.05, 4.69) is 5.92 Å². The number of carbonyl (C=O) groups excluding carboxylic acids is 1. The second-order valence-corrected chi connectivity index (χ2v) is 3.99. The van der Waals surface area contributed by atoms with Crippen molar-refractivity contribution in [2.45, 2.75) is 18.8 Å². The van der Waals surface area contributed by atoms with Crippen molar-refractivity contribution in [3.8, 4) is 12.3 Å². The second kappa shape index (κ2) is 3.78. The van der Waals surface area contributed by atoms with Crippen LogP contribution in [0.25, 0.3) is 0 Å². The molecule has 1 aliphatic carbocycles. The fourth-order valence-electron chi connectivity index (χ4n) is 1.92. The van der Waals surface area contributed by atoms with Crippen molar-refractivity contribution in [3.63, 3.8) is 0 Å². The number of amides is 1. The molecule has 2 rings (SSSR count). The van der Waals surface area contributed by atoms with Crippen molar-refractivity contribution >= 4 is 5.91 Å². The molecule has 0 spiro atoms. The smallest absolute Gasteiger partial charge is 0.225 e. The van der Waals surface area contributed by atoms with Crippen molar-refractivity contribution in [1.82, 2.24) is 0 Å². The summed E-state index contributed by atoms with van der Waals surface area (Å²) in [6, 6.07) is 7.54. The van der Waals surface area contributed by atoms with E-state index >= 15 is 0 Å². The van der Waals surface area contributed by atoms with Gasteiger partial charge in [-0.1, -0.05) is 18.1 Å². The van der Waals surface area contributed by atoms with Crippen LogP contribution in [-0.2, 0) is 4.79 Å². The average Bonchev–Trinajstić information content (AvgIpc) is 3.02. The molecule has 15 heavy (non-hydrogen) atoms. The quantitative estimate of drug-likeness (QED) is 0.739. The van der Waals surface area contributed by atoms with Crippen LogP contribution in [0.1, 0.15) is 29.9 Å². The molecule has 0 aliphatic heterocycles. The first kappa shape index (κ1) is 9.79. The maximum atomic E-state index is 11.4. The normalized spacial score (nSPS) is 16.7. The van der Waals surface area contributed by atoms with E-state index in [-0.39, 0.29) is 11.8 Å². The molecule has 0 saturated heterocycles. The van der Waals surface area contributed by atoms with E-state index in [1.54, 1.807) is 0 Å². The van der Waals surface area contributed by atoms with Crippen molar-refractivity contribution in [2.24, 2.45) is 11.7 Å². The van der Waals surface area contributed by atoms with Crippen molar-refractivity contribution < 1.29 is 4.79 Å². The van der Waals surface area contributed by atoms with Gasteiger partial charge in [0.15, 0.2) is 0 Å². The number of rotatable bonds is 3. The van der Waals surface area contributed by atoms with Gasteiger partial charge >= 0.3 is 0 Å². The van der Waals surface area contributed by atoms with Gasteiger partial charge < -0.3 is 5.73 Å². The monoisotopic (exact) mass is 199 g/mol. The standard InChI is InChI=1S/C13H13NO/c1-2-9-4-3-5-11(8-9)12(13(14)15)10-6-7-10/h1,3-5,8,10,12H,6-7H2,(H2,14,15). The van der Waals surface area contributed by atoms with Gasteiger partial charge in [0, 0.05) is 5.56 Å². The zero-order chi connectivity index (χ0) is 10.8. The minimum Gasteiger partial charge on any atom is -0.369 e. The topological polar surface area (TPSA) is 43.1 Å². The third-order valence-electron chi connectivity index (χ3n) is 2.81. The predicted octanol–water partition coefficient (Wildman–Crippen LogP) is 1.65. The lowest BCUT2D eigenvalue weighted by atomic mass is 9.92. The van der Waals surface area contributed by atoms with Crippen LogP contribution in [-0.4, -0.2) is 5.91 Å². The Hall–Kier alpha value is -1.75. The van der Waals surface area contributed by atoms with Crippen LogP contribution >= 0.6 is 0 Å². The Labute approximate surface area is 89.5 Å². The lowest BCUT2D eigenvalue weighted by molar-refractivity contribution is -0.119. The summed E-state index contributed by atoms with van der Waals surface area (Å²) in [4.78, 5) is 11.4. The van der Waals surface area contributed by atoms with Crippen LogP contribution in [0.2, 0.25) is 0 Å². The largest absolute Gasteiger partial charge is 0.369 e. The van der Waals surface area contributed by atoms with E-state index in [0.29, 0.717) is 5.92 Å². The minimum atomic E-state index is -0.244. The first-order valence-electron chi connectivity index (χ1n) is 5.08. The van der Waals surface area contributed by atoms with Gasteiger partial charge in [-0.25, -0.2) is 0 Å². The van der Waals surface area contributed by atoms with Gasteiger partial charge in [0.1, 0.15) is 0 Å². The number of terminal acetylenes is 1. The molecule has 1 fully saturated rings. The number of primary amides is 1. The summed E-state index contributed by atoms with van der Waals surface area (Å²) >= 11 is 0. The first-order chi connectivity index (χ1) is 7.22. The van der Waals surface area contributed by atoms with E-state index in [1.165, 1.54) is 0 Å². The van der Waals surface area contributed by atoms with Gasteiger partial charge in [-0.15, -0.1) is 6.42 Å². The molecule has 2 nitrogen and oxygen atoms in total. The Morgan fingerprint density at radius 2 is 2.27 bits per heavy atom. The van der Waals surface area contributed by atoms with Gasteiger partial charge in [-0.3, -0.25) is 4.79 Å². The Bertz CT molecular complexity index is 426. The van der Waals surface area contributed by atoms with E-state index in [9.17, 15) is 4.79 Å². The highest BCUT2D eigenvalue weighted by Crippen LogP contribution is 2.42. The fraction of sp³-hybridized carbons (Fsp3) is 0.308. The molecule has 0 bridgehead atoms. The van der Waals surface area contributed by atoms with Gasteiger partial charge in [0.25, 0.3) is 0 Å². The Kier molecular flexibility index (Phi) is 2.47. The highest BCUT2D eigenvalue weighted by atomic mass is 16.1. The SMILES string of the molecule is C#Cc1cccc(C(C(N)=O)C2CC2)c1. The summed E-state index contributed by atoms with van der Waals surface area (Å²) in [6.07, 6.45) is 7.50. The maximum absolute atomic E-state index is 11.4. The van der Waals surface area contributed by atoms with Crippen LogP contribution in [0.3, 0.4) is 0 Å². The molecule has 0 aromatic heterocycles. The third-order valence-corrected chi connectivity index (χ3v) is 2.81. The summed E-state index contributed by atoms with van der Waals surface area (Å²) in [5.74, 6) is 2.60. The fourth-order valence-corrected chi connectivity index (χ4v) is 1.92. The summed E-state index contributed by atoms with van der Waals surface area (Å²) in [5.41, 5.74) is 7.17. The Morgan fingerprint density at radius 3 is 2.80 bits per heavy atom. The van der Waals surface area contributed by atoms with Gasteiger partial charge in [0.05, 0.1) is 5.92 Å². The zero-order valence-corrected chi connectivity index (χ0v) is 8.44. The molecule has 1 atom stereocenters. The van der Waals surface area contributed by atoms with Crippen LogP contribution in [0.5, 0.6) is 0 Å². The molecule has 1 amide bonds. The van der Waals surface area contributed by atoms with Crippen LogP contribution in [0, 0.1) is 18.3 Å². The van der Waals surface area contributed by atoms with E-state index in [1.807, 2.05) is 24.3 Å². The van der Waals surface area contributed by atoms with Crippen LogP contribution < -0.4 is 5.73 Å². The molecule has 2 heteroatoms. The average molecular weight is 199 g/mol. The summed E-state index contributed by atoms with van der Waals surface area (Å²) in [7, 11) is 0. The highest BCUT2D eigenvalue weighted by molar-refractivity contribution is 5.82. The lowest BCUT2D eigenvalue weighted by Gasteiger charge is -2.12. The molecule has 0 heterocycles. The number of carbonyl (C=O) groups is 1. The van der Waals surface area contributed by atoms with Crippen LogP contribution in [0.4, 0.5) is 0 Å². The van der Waals surface area contributed by atoms with Crippen molar-refractivity contribution in [2.75, 3.05) is 0 Å². The number of hydrogen-bond acceptors (Lipinski definition) is 1. The molecular formula is C13H13NO. The third kappa shape index (κ3) is 2.02. The first-order valence-corrected chi connectivity index (χ1v) is 5.08. The Balaban J connectivity index is 2.33. The maximum Gasteiger partial charge on any atom is 0.225 e. The van der Waals surface area contributed by atoms with Crippen LogP contribution in [0.15, 0.2) is 24.3 Å². The molecule has 0 radical (unpaired) electrons. The molecule has 1 aliphatic rings. The number of benzene rings is 1. The molecular weight excluding hydrogens is 186 g/mol. The van der Waals surface area contributed by atoms with Gasteiger partial charge in [-0.2, -0.15) is 0 Å². The predicted molar refractivity (Wildman–Crippen MR) is 59.0 cm³/mol. The van der Waals surface area contributed by atoms with Gasteiger partial charge in [0.2, 0.25) is 5.91 Å². The molecule has 76 valence electrons. The highest BCUT2D eigenvalue weighted by Gasteiger charge is 2.35. The molecule has 1 aromatic rings. The Morgan fingerprint density at radius 1 is 1.53 bits per heavy atom. The minimum absolute atomic E-state index is 0.154. The molecule has 2 N–H and O–H groups in total. The van der Waals surface area contributed by atoms with E-state index in [4.69, 9.17) is 12.2 Å². The molecule has 1 unspecified atom stereocenters. The lowest BCUT2D eigenvalue weighted by Crippen LogP contribution is -2.23. The second-order valence-electron chi connectivity index (χ2n) is 3.99. The zero-order valence-electron chi connectivity index (χ0n) is 8.44. The summed E-state index contributed by atoms with van der Waals surface area (Å²) in [6.45, 7) is 0. The van der Waals surface area contributed by atoms with E-state index in [0.717, 1.165) is 24.0 Å². The van der Waals surface area contributed by atoms with Gasteiger partial charge in [-0.05, 0) is 36.5 Å². The summed E-state index contributed by atoms with van der Waals surface area (Å²) < 4.78 is 0. The number of hydrogen-bond donors (Lipinski definition) is 1. The molecule has 1 saturated carbocycles. The van der Waals surface area contributed by atoms with E-state index < -0.39 is 0 Å². The van der Waals surface area contributed by atoms with Crippen molar-refractivity contribution in [1.29, 1.82) is 0 Å². The summed E-state index contributed by atoms with van der Waals surface area (Å²) in [5, 5.41) is 0. The number of nitrogens with two attached hydrogens (primary N) is 1. The molecule has 1 aromatic carbocycles.